The average molecular weight is 218 g/mol. The standard InChI is InChI=1S/C8H12ClN3S/c1-12(6-3-2-4-6)5-7-10-11-8(9)13-7/h6H,2-5H2,1H3. The van der Waals surface area contributed by atoms with Crippen molar-refractivity contribution in [3.63, 3.8) is 0 Å². The molecule has 0 saturated heterocycles. The second kappa shape index (κ2) is 3.90. The van der Waals surface area contributed by atoms with E-state index in [1.165, 1.54) is 30.6 Å². The highest BCUT2D eigenvalue weighted by atomic mass is 35.5. The summed E-state index contributed by atoms with van der Waals surface area (Å²) in [7, 11) is 2.14. The summed E-state index contributed by atoms with van der Waals surface area (Å²) in [5.74, 6) is 0. The predicted octanol–water partition coefficient (Wildman–Crippen LogP) is 2.18. The zero-order valence-corrected chi connectivity index (χ0v) is 9.11. The van der Waals surface area contributed by atoms with Gasteiger partial charge in [0.25, 0.3) is 0 Å². The summed E-state index contributed by atoms with van der Waals surface area (Å²) in [5.41, 5.74) is 0. The molecule has 1 aromatic heterocycles. The van der Waals surface area contributed by atoms with E-state index in [1.54, 1.807) is 0 Å². The van der Waals surface area contributed by atoms with Crippen molar-refractivity contribution >= 4 is 22.9 Å². The first-order chi connectivity index (χ1) is 6.25. The highest BCUT2D eigenvalue weighted by molar-refractivity contribution is 7.15. The molecule has 5 heteroatoms. The smallest absolute Gasteiger partial charge is 0.207 e. The Hall–Kier alpha value is -0.190. The van der Waals surface area contributed by atoms with Crippen LogP contribution in [-0.2, 0) is 6.54 Å². The molecule has 0 unspecified atom stereocenters. The third-order valence-corrected chi connectivity index (χ3v) is 3.53. The summed E-state index contributed by atoms with van der Waals surface area (Å²) in [6, 6.07) is 0.752. The number of aromatic nitrogens is 2. The summed E-state index contributed by atoms with van der Waals surface area (Å²) in [6.45, 7) is 0.884. The fraction of sp³-hybridized carbons (Fsp3) is 0.750. The summed E-state index contributed by atoms with van der Waals surface area (Å²) in [5, 5.41) is 8.78. The normalized spacial score (nSPS) is 17.8. The summed E-state index contributed by atoms with van der Waals surface area (Å²) in [6.07, 6.45) is 4.01. The van der Waals surface area contributed by atoms with E-state index in [0.717, 1.165) is 17.6 Å². The van der Waals surface area contributed by atoms with Gasteiger partial charge in [-0.3, -0.25) is 4.90 Å². The largest absolute Gasteiger partial charge is 0.297 e. The van der Waals surface area contributed by atoms with Crippen molar-refractivity contribution in [1.29, 1.82) is 0 Å². The van der Waals surface area contributed by atoms with Gasteiger partial charge in [0.2, 0.25) is 4.47 Å². The Morgan fingerprint density at radius 2 is 2.31 bits per heavy atom. The van der Waals surface area contributed by atoms with Crippen LogP contribution >= 0.6 is 22.9 Å². The van der Waals surface area contributed by atoms with Crippen LogP contribution in [0.1, 0.15) is 24.3 Å². The molecule has 0 spiro atoms. The molecule has 0 aromatic carbocycles. The number of halogens is 1. The van der Waals surface area contributed by atoms with Gasteiger partial charge in [0.05, 0.1) is 6.54 Å². The highest BCUT2D eigenvalue weighted by Gasteiger charge is 2.22. The van der Waals surface area contributed by atoms with Crippen molar-refractivity contribution in [1.82, 2.24) is 15.1 Å². The Kier molecular flexibility index (Phi) is 2.81. The van der Waals surface area contributed by atoms with E-state index in [-0.39, 0.29) is 0 Å². The minimum absolute atomic E-state index is 0.539. The van der Waals surface area contributed by atoms with E-state index < -0.39 is 0 Å². The van der Waals surface area contributed by atoms with E-state index >= 15 is 0 Å². The van der Waals surface area contributed by atoms with Gasteiger partial charge in [-0.1, -0.05) is 17.8 Å². The van der Waals surface area contributed by atoms with E-state index in [0.29, 0.717) is 4.47 Å². The SMILES string of the molecule is CN(Cc1nnc(Cl)s1)C1CCC1. The van der Waals surface area contributed by atoms with Crippen LogP contribution < -0.4 is 0 Å². The summed E-state index contributed by atoms with van der Waals surface area (Å²) in [4.78, 5) is 2.33. The Bertz CT molecular complexity index is 285. The molecule has 1 aliphatic rings. The van der Waals surface area contributed by atoms with Crippen LogP contribution in [0.4, 0.5) is 0 Å². The van der Waals surface area contributed by atoms with Crippen LogP contribution in [0.15, 0.2) is 0 Å². The molecule has 1 saturated carbocycles. The molecule has 0 radical (unpaired) electrons. The Balaban J connectivity index is 1.89. The first-order valence-corrected chi connectivity index (χ1v) is 5.63. The van der Waals surface area contributed by atoms with Crippen molar-refractivity contribution < 1.29 is 0 Å². The molecule has 0 aliphatic heterocycles. The van der Waals surface area contributed by atoms with E-state index in [9.17, 15) is 0 Å². The van der Waals surface area contributed by atoms with Gasteiger partial charge in [-0.05, 0) is 31.5 Å². The van der Waals surface area contributed by atoms with Gasteiger partial charge in [0.1, 0.15) is 5.01 Å². The zero-order valence-electron chi connectivity index (χ0n) is 7.53. The number of hydrogen-bond donors (Lipinski definition) is 0. The Labute approximate surface area is 86.7 Å². The quantitative estimate of drug-likeness (QED) is 0.777. The van der Waals surface area contributed by atoms with Gasteiger partial charge in [-0.15, -0.1) is 10.2 Å². The van der Waals surface area contributed by atoms with Crippen molar-refractivity contribution in [3.05, 3.63) is 9.47 Å². The lowest BCUT2D eigenvalue weighted by Gasteiger charge is -2.33. The molecule has 72 valence electrons. The fourth-order valence-electron chi connectivity index (χ4n) is 1.47. The van der Waals surface area contributed by atoms with Crippen LogP contribution in [0.25, 0.3) is 0 Å². The molecule has 1 fully saturated rings. The van der Waals surface area contributed by atoms with Crippen LogP contribution in [0, 0.1) is 0 Å². The third-order valence-electron chi connectivity index (χ3n) is 2.52. The molecule has 0 atom stereocenters. The van der Waals surface area contributed by atoms with Crippen molar-refractivity contribution in [2.75, 3.05) is 7.05 Å². The van der Waals surface area contributed by atoms with Crippen LogP contribution in [0.5, 0.6) is 0 Å². The lowest BCUT2D eigenvalue weighted by Crippen LogP contribution is -2.36. The maximum atomic E-state index is 5.70. The van der Waals surface area contributed by atoms with Crippen molar-refractivity contribution in [2.45, 2.75) is 31.8 Å². The molecular weight excluding hydrogens is 206 g/mol. The number of nitrogens with zero attached hydrogens (tertiary/aromatic N) is 3. The van der Waals surface area contributed by atoms with Crippen LogP contribution in [-0.4, -0.2) is 28.2 Å². The number of rotatable bonds is 3. The predicted molar refractivity (Wildman–Crippen MR) is 54.0 cm³/mol. The number of hydrogen-bond acceptors (Lipinski definition) is 4. The molecule has 2 rings (SSSR count). The fourth-order valence-corrected chi connectivity index (χ4v) is 2.40. The summed E-state index contributed by atoms with van der Waals surface area (Å²) >= 11 is 7.17. The molecule has 0 bridgehead atoms. The Morgan fingerprint density at radius 3 is 2.77 bits per heavy atom. The van der Waals surface area contributed by atoms with Gasteiger partial charge in [0.15, 0.2) is 0 Å². The second-order valence-electron chi connectivity index (χ2n) is 3.45. The van der Waals surface area contributed by atoms with Gasteiger partial charge in [-0.2, -0.15) is 0 Å². The Morgan fingerprint density at radius 1 is 1.54 bits per heavy atom. The zero-order chi connectivity index (χ0) is 9.26. The molecule has 3 nitrogen and oxygen atoms in total. The maximum absolute atomic E-state index is 5.70. The van der Waals surface area contributed by atoms with Crippen molar-refractivity contribution in [3.8, 4) is 0 Å². The topological polar surface area (TPSA) is 29.0 Å². The van der Waals surface area contributed by atoms with E-state index in [1.807, 2.05) is 0 Å². The minimum atomic E-state index is 0.539. The molecule has 0 N–H and O–H groups in total. The molecule has 13 heavy (non-hydrogen) atoms. The van der Waals surface area contributed by atoms with Gasteiger partial charge < -0.3 is 0 Å². The van der Waals surface area contributed by atoms with Gasteiger partial charge in [0, 0.05) is 6.04 Å². The second-order valence-corrected chi connectivity index (χ2v) is 5.09. The minimum Gasteiger partial charge on any atom is -0.297 e. The van der Waals surface area contributed by atoms with Crippen LogP contribution in [0.2, 0.25) is 4.47 Å². The van der Waals surface area contributed by atoms with Crippen molar-refractivity contribution in [2.24, 2.45) is 0 Å². The summed E-state index contributed by atoms with van der Waals surface area (Å²) < 4.78 is 0.539. The van der Waals surface area contributed by atoms with E-state index in [4.69, 9.17) is 11.6 Å². The first kappa shape index (κ1) is 9.37. The maximum Gasteiger partial charge on any atom is 0.207 e. The molecule has 0 amide bonds. The highest BCUT2D eigenvalue weighted by Crippen LogP contribution is 2.25. The third kappa shape index (κ3) is 2.18. The molecular formula is C8H12ClN3S. The lowest BCUT2D eigenvalue weighted by atomic mass is 9.92. The van der Waals surface area contributed by atoms with E-state index in [2.05, 4.69) is 22.1 Å². The molecule has 1 aromatic rings. The lowest BCUT2D eigenvalue weighted by molar-refractivity contribution is 0.152. The average Bonchev–Trinajstić information content (AvgIpc) is 2.31. The van der Waals surface area contributed by atoms with Gasteiger partial charge >= 0.3 is 0 Å². The van der Waals surface area contributed by atoms with Crippen LogP contribution in [0.3, 0.4) is 0 Å². The molecule has 1 heterocycles. The first-order valence-electron chi connectivity index (χ1n) is 4.44. The molecule has 1 aliphatic carbocycles. The van der Waals surface area contributed by atoms with Gasteiger partial charge in [-0.25, -0.2) is 0 Å². The monoisotopic (exact) mass is 217 g/mol.